The van der Waals surface area contributed by atoms with Crippen LogP contribution in [0.2, 0.25) is 0 Å². The third kappa shape index (κ3) is 4.29. The number of hydrogen-bond donors (Lipinski definition) is 0. The maximum absolute atomic E-state index is 12.7. The Kier molecular flexibility index (Phi) is 5.68. The van der Waals surface area contributed by atoms with Crippen LogP contribution in [0, 0.1) is 6.92 Å². The average molecular weight is 371 g/mol. The van der Waals surface area contributed by atoms with Crippen molar-refractivity contribution >= 4 is 17.2 Å². The lowest BCUT2D eigenvalue weighted by Gasteiger charge is -2.22. The molecule has 0 N–H and O–H groups in total. The van der Waals surface area contributed by atoms with Gasteiger partial charge in [0.1, 0.15) is 5.75 Å². The lowest BCUT2D eigenvalue weighted by molar-refractivity contribution is -0.138. The van der Waals surface area contributed by atoms with E-state index in [4.69, 9.17) is 9.26 Å². The van der Waals surface area contributed by atoms with E-state index in [0.29, 0.717) is 23.9 Å². The van der Waals surface area contributed by atoms with Gasteiger partial charge in [0.05, 0.1) is 11.4 Å². The number of rotatable bonds is 7. The van der Waals surface area contributed by atoms with Crippen LogP contribution < -0.4 is 4.74 Å². The van der Waals surface area contributed by atoms with E-state index in [0.717, 1.165) is 10.4 Å². The van der Waals surface area contributed by atoms with Crippen molar-refractivity contribution in [2.45, 2.75) is 32.9 Å². The largest absolute Gasteiger partial charge is 0.481 e. The second-order valence-electron chi connectivity index (χ2n) is 6.01. The summed E-state index contributed by atoms with van der Waals surface area (Å²) in [6.07, 6.45) is 0.0166. The Morgan fingerprint density at radius 1 is 1.35 bits per heavy atom. The van der Waals surface area contributed by atoms with Crippen molar-refractivity contribution in [1.29, 1.82) is 0 Å². The number of carbonyl (C=O) groups is 1. The summed E-state index contributed by atoms with van der Waals surface area (Å²) in [5.74, 6) is 1.51. The molecule has 0 unspecified atom stereocenters. The predicted octanol–water partition coefficient (Wildman–Crippen LogP) is 3.92. The van der Waals surface area contributed by atoms with Gasteiger partial charge in [-0.1, -0.05) is 30.3 Å². The van der Waals surface area contributed by atoms with E-state index >= 15 is 0 Å². The van der Waals surface area contributed by atoms with E-state index in [1.807, 2.05) is 55.6 Å². The standard InChI is InChI=1S/C19H21N3O3S/c1-4-15(24-14-8-5-7-13(2)11-14)19(23)22(3)12-17-20-18(21-25-17)16-9-6-10-26-16/h5-11,15H,4,12H2,1-3H3/t15-/m1/s1. The highest BCUT2D eigenvalue weighted by atomic mass is 32.1. The van der Waals surface area contributed by atoms with Gasteiger partial charge in [-0.2, -0.15) is 4.98 Å². The quantitative estimate of drug-likeness (QED) is 0.630. The lowest BCUT2D eigenvalue weighted by Crippen LogP contribution is -2.39. The Morgan fingerprint density at radius 2 is 2.19 bits per heavy atom. The highest BCUT2D eigenvalue weighted by Crippen LogP contribution is 2.22. The van der Waals surface area contributed by atoms with Crippen molar-refractivity contribution in [1.82, 2.24) is 15.0 Å². The van der Waals surface area contributed by atoms with Crippen LogP contribution in [-0.2, 0) is 11.3 Å². The van der Waals surface area contributed by atoms with Crippen LogP contribution in [0.15, 0.2) is 46.3 Å². The molecule has 0 saturated carbocycles. The predicted molar refractivity (Wildman–Crippen MR) is 100.0 cm³/mol. The molecule has 0 spiro atoms. The summed E-state index contributed by atoms with van der Waals surface area (Å²) in [4.78, 5) is 19.6. The van der Waals surface area contributed by atoms with Gasteiger partial charge in [-0.05, 0) is 42.5 Å². The molecule has 0 bridgehead atoms. The van der Waals surface area contributed by atoms with E-state index in [9.17, 15) is 4.79 Å². The van der Waals surface area contributed by atoms with Crippen molar-refractivity contribution in [3.8, 4) is 16.5 Å². The second-order valence-corrected chi connectivity index (χ2v) is 6.96. The minimum Gasteiger partial charge on any atom is -0.481 e. The molecule has 3 aromatic rings. The lowest BCUT2D eigenvalue weighted by atomic mass is 10.2. The number of ether oxygens (including phenoxy) is 1. The molecule has 26 heavy (non-hydrogen) atoms. The van der Waals surface area contributed by atoms with Crippen molar-refractivity contribution < 1.29 is 14.1 Å². The van der Waals surface area contributed by atoms with Crippen LogP contribution in [0.3, 0.4) is 0 Å². The van der Waals surface area contributed by atoms with E-state index in [1.165, 1.54) is 11.3 Å². The van der Waals surface area contributed by atoms with E-state index in [2.05, 4.69) is 10.1 Å². The zero-order chi connectivity index (χ0) is 18.5. The zero-order valence-electron chi connectivity index (χ0n) is 15.0. The number of hydrogen-bond acceptors (Lipinski definition) is 6. The van der Waals surface area contributed by atoms with Gasteiger partial charge in [-0.15, -0.1) is 11.3 Å². The first-order valence-corrected chi connectivity index (χ1v) is 9.29. The van der Waals surface area contributed by atoms with Gasteiger partial charge in [0, 0.05) is 7.05 Å². The number of amides is 1. The maximum atomic E-state index is 12.7. The molecule has 1 atom stereocenters. The first-order chi connectivity index (χ1) is 12.6. The molecular weight excluding hydrogens is 350 g/mol. The molecule has 0 aliphatic carbocycles. The average Bonchev–Trinajstić information content (AvgIpc) is 3.30. The molecule has 1 aromatic carbocycles. The normalized spacial score (nSPS) is 12.0. The first kappa shape index (κ1) is 18.1. The highest BCUT2D eigenvalue weighted by Gasteiger charge is 2.24. The van der Waals surface area contributed by atoms with Gasteiger partial charge in [-0.3, -0.25) is 4.79 Å². The molecule has 6 nitrogen and oxygen atoms in total. The smallest absolute Gasteiger partial charge is 0.263 e. The fraction of sp³-hybridized carbons (Fsp3) is 0.316. The summed E-state index contributed by atoms with van der Waals surface area (Å²) in [5, 5.41) is 5.92. The van der Waals surface area contributed by atoms with Crippen LogP contribution in [0.4, 0.5) is 0 Å². The Morgan fingerprint density at radius 3 is 2.88 bits per heavy atom. The number of aromatic nitrogens is 2. The van der Waals surface area contributed by atoms with Gasteiger partial charge in [0.15, 0.2) is 6.10 Å². The van der Waals surface area contributed by atoms with E-state index in [-0.39, 0.29) is 12.5 Å². The van der Waals surface area contributed by atoms with Crippen molar-refractivity contribution in [2.75, 3.05) is 7.05 Å². The van der Waals surface area contributed by atoms with Crippen LogP contribution in [0.1, 0.15) is 24.8 Å². The molecular formula is C19H21N3O3S. The number of nitrogens with zero attached hydrogens (tertiary/aromatic N) is 3. The number of benzene rings is 1. The zero-order valence-corrected chi connectivity index (χ0v) is 15.8. The minimum atomic E-state index is -0.554. The van der Waals surface area contributed by atoms with Crippen LogP contribution in [-0.4, -0.2) is 34.1 Å². The van der Waals surface area contributed by atoms with Gasteiger partial charge < -0.3 is 14.2 Å². The maximum Gasteiger partial charge on any atom is 0.263 e. The van der Waals surface area contributed by atoms with Gasteiger partial charge in [-0.25, -0.2) is 0 Å². The molecule has 1 amide bonds. The molecule has 0 aliphatic rings. The summed E-state index contributed by atoms with van der Waals surface area (Å²) < 4.78 is 11.1. The SMILES string of the molecule is CC[C@@H](Oc1cccc(C)c1)C(=O)N(C)Cc1nc(-c2cccs2)no1. The molecule has 2 aromatic heterocycles. The van der Waals surface area contributed by atoms with Crippen molar-refractivity contribution in [2.24, 2.45) is 0 Å². The Balaban J connectivity index is 1.64. The summed E-state index contributed by atoms with van der Waals surface area (Å²) in [6.45, 7) is 4.15. The van der Waals surface area contributed by atoms with Crippen molar-refractivity contribution in [3.63, 3.8) is 0 Å². The molecule has 0 aliphatic heterocycles. The topological polar surface area (TPSA) is 68.5 Å². The molecule has 7 heteroatoms. The first-order valence-electron chi connectivity index (χ1n) is 8.41. The summed E-state index contributed by atoms with van der Waals surface area (Å²) in [6, 6.07) is 11.5. The third-order valence-electron chi connectivity index (χ3n) is 3.87. The van der Waals surface area contributed by atoms with Gasteiger partial charge in [0.2, 0.25) is 11.7 Å². The van der Waals surface area contributed by atoms with Gasteiger partial charge >= 0.3 is 0 Å². The summed E-state index contributed by atoms with van der Waals surface area (Å²) in [7, 11) is 1.71. The summed E-state index contributed by atoms with van der Waals surface area (Å²) >= 11 is 1.54. The minimum absolute atomic E-state index is 0.120. The number of carbonyl (C=O) groups excluding carboxylic acids is 1. The molecule has 0 fully saturated rings. The Bertz CT molecular complexity index is 861. The van der Waals surface area contributed by atoms with Crippen LogP contribution in [0.25, 0.3) is 10.7 Å². The Hall–Kier alpha value is -2.67. The van der Waals surface area contributed by atoms with Crippen molar-refractivity contribution in [3.05, 3.63) is 53.2 Å². The van der Waals surface area contributed by atoms with E-state index in [1.54, 1.807) is 11.9 Å². The third-order valence-corrected chi connectivity index (χ3v) is 4.74. The Labute approximate surface area is 156 Å². The van der Waals surface area contributed by atoms with Gasteiger partial charge in [0.25, 0.3) is 5.91 Å². The summed E-state index contributed by atoms with van der Waals surface area (Å²) in [5.41, 5.74) is 1.09. The molecule has 3 rings (SSSR count). The fourth-order valence-electron chi connectivity index (χ4n) is 2.51. The highest BCUT2D eigenvalue weighted by molar-refractivity contribution is 7.13. The number of thiophene rings is 1. The van der Waals surface area contributed by atoms with Crippen LogP contribution in [0.5, 0.6) is 5.75 Å². The monoisotopic (exact) mass is 371 g/mol. The fourth-order valence-corrected chi connectivity index (χ4v) is 3.16. The molecule has 0 saturated heterocycles. The number of aryl methyl sites for hydroxylation is 1. The molecule has 0 radical (unpaired) electrons. The number of likely N-dealkylation sites (N-methyl/N-ethyl adjacent to an activating group) is 1. The van der Waals surface area contributed by atoms with E-state index < -0.39 is 6.10 Å². The van der Waals surface area contributed by atoms with Crippen LogP contribution >= 0.6 is 11.3 Å². The second kappa shape index (κ2) is 8.14. The molecule has 2 heterocycles. The molecule has 136 valence electrons.